The third kappa shape index (κ3) is 6.28. The lowest BCUT2D eigenvalue weighted by molar-refractivity contribution is 0.433. The van der Waals surface area contributed by atoms with Gasteiger partial charge in [0.1, 0.15) is 11.5 Å². The Balaban J connectivity index is 0.974. The fourth-order valence-electron chi connectivity index (χ4n) is 15.3. The molecule has 2 fully saturated rings. The quantitative estimate of drug-likeness (QED) is 0.171. The Labute approximate surface area is 445 Å². The lowest BCUT2D eigenvalue weighted by atomic mass is 9.65. The van der Waals surface area contributed by atoms with Crippen molar-refractivity contribution in [3.05, 3.63) is 268 Å². The largest absolute Gasteiger partial charge is 0.457 e. The van der Waals surface area contributed by atoms with Crippen LogP contribution in [0.4, 0.5) is 17.1 Å². The average molecular weight is 984 g/mol. The maximum absolute atomic E-state index is 7.22. The summed E-state index contributed by atoms with van der Waals surface area (Å²) in [6, 6.07) is 82.0. The monoisotopic (exact) mass is 983 g/mol. The number of anilines is 3. The summed E-state index contributed by atoms with van der Waals surface area (Å²) in [6.45, 7) is 0. The van der Waals surface area contributed by atoms with Gasteiger partial charge in [-0.3, -0.25) is 0 Å². The maximum atomic E-state index is 7.22. The van der Waals surface area contributed by atoms with Gasteiger partial charge in [0.15, 0.2) is 0 Å². The van der Waals surface area contributed by atoms with Gasteiger partial charge < -0.3 is 9.64 Å². The van der Waals surface area contributed by atoms with Crippen molar-refractivity contribution in [3.8, 4) is 33.8 Å². The van der Waals surface area contributed by atoms with E-state index < -0.39 is 10.8 Å². The molecule has 0 N–H and O–H groups in total. The van der Waals surface area contributed by atoms with Crippen LogP contribution in [-0.4, -0.2) is 0 Å². The fraction of sp³-hybridized carbons (Fsp3) is 0.194. The predicted octanol–water partition coefficient (Wildman–Crippen LogP) is 19.7. The van der Waals surface area contributed by atoms with Crippen LogP contribution in [0.2, 0.25) is 0 Å². The molecule has 3 heteroatoms. The molecule has 2 nitrogen and oxygen atoms in total. The molecule has 362 valence electrons. The van der Waals surface area contributed by atoms with Gasteiger partial charge in [-0.2, -0.15) is 0 Å². The van der Waals surface area contributed by atoms with Gasteiger partial charge in [0, 0.05) is 37.7 Å². The molecule has 4 aliphatic carbocycles. The minimum absolute atomic E-state index is 0.508. The Morgan fingerprint density at radius 3 is 1.52 bits per heavy atom. The molecule has 0 saturated heterocycles. The highest BCUT2D eigenvalue weighted by Crippen LogP contribution is 2.66. The SMILES string of the molecule is c1ccc2c(c1)Oc1ccc(N(c3ccc4c(c3)C3(c5ccccc5Sc5ccccc53)c3ccccc3-4)c3cccc4ccccc34)cc1C21c2cc(C3CCCCC3)ccc2-c2ccc(C3CCCCC3)cc21. The highest BCUT2D eigenvalue weighted by molar-refractivity contribution is 7.99. The molecule has 16 rings (SSSR count). The number of nitrogens with zero attached hydrogens (tertiary/aromatic N) is 1. The Morgan fingerprint density at radius 1 is 0.360 bits per heavy atom. The van der Waals surface area contributed by atoms with Crippen LogP contribution in [0, 0.1) is 0 Å². The summed E-state index contributed by atoms with van der Waals surface area (Å²) in [4.78, 5) is 5.19. The molecule has 2 saturated carbocycles. The van der Waals surface area contributed by atoms with E-state index in [1.165, 1.54) is 163 Å². The van der Waals surface area contributed by atoms with Crippen molar-refractivity contribution < 1.29 is 4.74 Å². The number of ether oxygens (including phenoxy) is 1. The molecule has 0 unspecified atom stereocenters. The summed E-state index contributed by atoms with van der Waals surface area (Å²) in [7, 11) is 0. The Morgan fingerprint density at radius 2 is 0.840 bits per heavy atom. The zero-order valence-corrected chi connectivity index (χ0v) is 43.0. The Bertz CT molecular complexity index is 3850. The van der Waals surface area contributed by atoms with Crippen LogP contribution in [0.5, 0.6) is 11.5 Å². The van der Waals surface area contributed by atoms with Crippen molar-refractivity contribution >= 4 is 39.6 Å². The Hall–Kier alpha value is -7.59. The van der Waals surface area contributed by atoms with E-state index in [-0.39, 0.29) is 0 Å². The number of rotatable bonds is 5. The number of benzene rings is 10. The van der Waals surface area contributed by atoms with E-state index in [9.17, 15) is 0 Å². The second-order valence-electron chi connectivity index (χ2n) is 22.3. The van der Waals surface area contributed by atoms with Crippen molar-refractivity contribution in [2.24, 2.45) is 0 Å². The van der Waals surface area contributed by atoms with Crippen LogP contribution >= 0.6 is 11.8 Å². The number of fused-ring (bicyclic) bond motifs is 19. The molecule has 2 spiro atoms. The fourth-order valence-corrected chi connectivity index (χ4v) is 16.5. The van der Waals surface area contributed by atoms with Gasteiger partial charge >= 0.3 is 0 Å². The third-order valence-electron chi connectivity index (χ3n) is 18.6. The topological polar surface area (TPSA) is 12.5 Å². The molecule has 10 aromatic carbocycles. The molecule has 0 bridgehead atoms. The second kappa shape index (κ2) is 17.0. The van der Waals surface area contributed by atoms with Crippen LogP contribution in [0.3, 0.4) is 0 Å². The number of hydrogen-bond acceptors (Lipinski definition) is 3. The molecule has 2 aliphatic heterocycles. The lowest BCUT2D eigenvalue weighted by Gasteiger charge is -2.41. The van der Waals surface area contributed by atoms with Crippen LogP contribution in [0.25, 0.3) is 33.0 Å². The molecule has 75 heavy (non-hydrogen) atoms. The Kier molecular flexibility index (Phi) is 9.90. The molecule has 0 atom stereocenters. The zero-order valence-electron chi connectivity index (χ0n) is 42.2. The van der Waals surface area contributed by atoms with Crippen molar-refractivity contribution in [1.29, 1.82) is 0 Å². The molecule has 0 radical (unpaired) electrons. The molecule has 6 aliphatic rings. The molecular formula is C72H57NOS. The van der Waals surface area contributed by atoms with E-state index in [0.29, 0.717) is 11.8 Å². The summed E-state index contributed by atoms with van der Waals surface area (Å²) < 4.78 is 7.22. The summed E-state index contributed by atoms with van der Waals surface area (Å²) in [5, 5.41) is 2.43. The minimum atomic E-state index is -0.610. The van der Waals surface area contributed by atoms with E-state index in [1.807, 2.05) is 11.8 Å². The first-order chi connectivity index (χ1) is 37.2. The molecule has 10 aromatic rings. The van der Waals surface area contributed by atoms with Crippen LogP contribution in [0.15, 0.2) is 222 Å². The third-order valence-corrected chi connectivity index (χ3v) is 19.7. The smallest absolute Gasteiger partial charge is 0.132 e. The highest BCUT2D eigenvalue weighted by Gasteiger charge is 2.53. The van der Waals surface area contributed by atoms with Crippen molar-refractivity contribution in [3.63, 3.8) is 0 Å². The molecule has 0 aromatic heterocycles. The van der Waals surface area contributed by atoms with Gasteiger partial charge in [-0.15, -0.1) is 0 Å². The second-order valence-corrected chi connectivity index (χ2v) is 23.3. The van der Waals surface area contributed by atoms with Gasteiger partial charge in [-0.05, 0) is 164 Å². The van der Waals surface area contributed by atoms with Gasteiger partial charge in [0.05, 0.1) is 16.5 Å². The zero-order chi connectivity index (χ0) is 49.2. The van der Waals surface area contributed by atoms with Crippen LogP contribution in [-0.2, 0) is 10.8 Å². The lowest BCUT2D eigenvalue weighted by Crippen LogP contribution is -2.33. The van der Waals surface area contributed by atoms with E-state index in [4.69, 9.17) is 4.74 Å². The molecule has 2 heterocycles. The minimum Gasteiger partial charge on any atom is -0.457 e. The van der Waals surface area contributed by atoms with Crippen molar-refractivity contribution in [1.82, 2.24) is 0 Å². The first-order valence-corrected chi connectivity index (χ1v) is 28.6. The predicted molar refractivity (Wildman–Crippen MR) is 309 cm³/mol. The van der Waals surface area contributed by atoms with E-state index in [0.717, 1.165) is 28.6 Å². The number of para-hydroxylation sites is 1. The normalized spacial score (nSPS) is 17.2. The summed E-state index contributed by atoms with van der Waals surface area (Å²) in [5.41, 5.74) is 21.2. The summed E-state index contributed by atoms with van der Waals surface area (Å²) in [6.07, 6.45) is 12.9. The van der Waals surface area contributed by atoms with Crippen molar-refractivity contribution in [2.45, 2.75) is 96.7 Å². The van der Waals surface area contributed by atoms with Gasteiger partial charge in [-0.25, -0.2) is 0 Å². The van der Waals surface area contributed by atoms with Crippen LogP contribution < -0.4 is 9.64 Å². The molecule has 0 amide bonds. The van der Waals surface area contributed by atoms with Gasteiger partial charge in [0.2, 0.25) is 0 Å². The highest BCUT2D eigenvalue weighted by atomic mass is 32.2. The van der Waals surface area contributed by atoms with E-state index >= 15 is 0 Å². The van der Waals surface area contributed by atoms with Gasteiger partial charge in [-0.1, -0.05) is 208 Å². The maximum Gasteiger partial charge on any atom is 0.132 e. The van der Waals surface area contributed by atoms with Gasteiger partial charge in [0.25, 0.3) is 0 Å². The number of hydrogen-bond donors (Lipinski definition) is 0. The summed E-state index contributed by atoms with van der Waals surface area (Å²) in [5.74, 6) is 3.02. The van der Waals surface area contributed by atoms with E-state index in [2.05, 4.69) is 217 Å². The molecular weight excluding hydrogens is 927 g/mol. The standard InChI is InChI=1S/C72H57NOS/c1-3-18-46(19-4-1)49-34-38-55-56-39-35-50(47-20-5-2-6-21-47)43-63(56)72(62(55)42-49)59-27-11-14-31-67(59)74-68-41-37-52(45-65(68)72)73(66-30-17-23-48-22-7-8-24-53(48)66)51-36-40-57-54-25-9-10-26-58(54)71(64(57)44-51)60-28-12-15-32-69(60)75-70-33-16-13-29-61(70)71/h7-17,22-47H,1-6,18-21H2. The van der Waals surface area contributed by atoms with Crippen LogP contribution in [0.1, 0.15) is 132 Å². The average Bonchev–Trinajstić information content (AvgIpc) is 4.15. The van der Waals surface area contributed by atoms with Crippen molar-refractivity contribution in [2.75, 3.05) is 4.90 Å². The first kappa shape index (κ1) is 43.8. The first-order valence-electron chi connectivity index (χ1n) is 27.8. The summed E-state index contributed by atoms with van der Waals surface area (Å²) >= 11 is 1.90. The van der Waals surface area contributed by atoms with E-state index in [1.54, 1.807) is 0 Å².